The van der Waals surface area contributed by atoms with E-state index in [1.165, 1.54) is 9.80 Å². The van der Waals surface area contributed by atoms with Crippen LogP contribution in [-0.2, 0) is 4.79 Å². The Kier molecular flexibility index (Phi) is 2.72. The van der Waals surface area contributed by atoms with Crippen molar-refractivity contribution in [1.82, 2.24) is 9.80 Å². The molecule has 1 saturated heterocycles. The van der Waals surface area contributed by atoms with Crippen molar-refractivity contribution in [2.24, 2.45) is 5.73 Å². The summed E-state index contributed by atoms with van der Waals surface area (Å²) < 4.78 is 0. The van der Waals surface area contributed by atoms with Crippen LogP contribution in [0.4, 0.5) is 4.79 Å². The van der Waals surface area contributed by atoms with E-state index in [0.29, 0.717) is 13.1 Å². The van der Waals surface area contributed by atoms with Gasteiger partial charge in [-0.05, 0) is 0 Å². The van der Waals surface area contributed by atoms with Crippen LogP contribution in [0.15, 0.2) is 0 Å². The summed E-state index contributed by atoms with van der Waals surface area (Å²) in [6, 6.07) is -0.329. The van der Waals surface area contributed by atoms with Crippen LogP contribution >= 0.6 is 0 Å². The first-order valence-corrected chi connectivity index (χ1v) is 4.00. The summed E-state index contributed by atoms with van der Waals surface area (Å²) >= 11 is 0. The van der Waals surface area contributed by atoms with E-state index in [0.717, 1.165) is 0 Å². The minimum absolute atomic E-state index is 0.0631. The highest BCUT2D eigenvalue weighted by molar-refractivity contribution is 5.82. The Balaban J connectivity index is 2.60. The molecular weight excluding hydrogens is 174 g/mol. The molecule has 13 heavy (non-hydrogen) atoms. The van der Waals surface area contributed by atoms with Crippen LogP contribution in [0.2, 0.25) is 0 Å². The van der Waals surface area contributed by atoms with Crippen molar-refractivity contribution in [2.75, 3.05) is 26.7 Å². The molecule has 6 heteroatoms. The molecule has 1 atom stereocenters. The summed E-state index contributed by atoms with van der Waals surface area (Å²) in [6.45, 7) is 0.510. The van der Waals surface area contributed by atoms with Gasteiger partial charge in [0.15, 0.2) is 0 Å². The number of carboxylic acid groups (broad SMARTS) is 1. The number of nitrogens with two attached hydrogens (primary N) is 1. The van der Waals surface area contributed by atoms with Crippen molar-refractivity contribution in [2.45, 2.75) is 6.04 Å². The number of hydrogen-bond acceptors (Lipinski definition) is 3. The van der Waals surface area contributed by atoms with Gasteiger partial charge < -0.3 is 20.6 Å². The van der Waals surface area contributed by atoms with E-state index in [2.05, 4.69) is 0 Å². The molecule has 0 unspecified atom stereocenters. The van der Waals surface area contributed by atoms with E-state index in [1.54, 1.807) is 7.05 Å². The van der Waals surface area contributed by atoms with E-state index >= 15 is 0 Å². The van der Waals surface area contributed by atoms with E-state index < -0.39 is 5.97 Å². The number of aliphatic carboxylic acids is 1. The number of urea groups is 1. The summed E-state index contributed by atoms with van der Waals surface area (Å²) in [6.07, 6.45) is 0. The van der Waals surface area contributed by atoms with E-state index in [-0.39, 0.29) is 18.6 Å². The zero-order valence-electron chi connectivity index (χ0n) is 7.43. The summed E-state index contributed by atoms with van der Waals surface area (Å²) in [7, 11) is 1.63. The molecule has 1 heterocycles. The molecule has 0 aromatic carbocycles. The van der Waals surface area contributed by atoms with Gasteiger partial charge in [-0.2, -0.15) is 0 Å². The second-order valence-electron chi connectivity index (χ2n) is 3.06. The van der Waals surface area contributed by atoms with Crippen LogP contribution in [-0.4, -0.2) is 59.6 Å². The zero-order valence-corrected chi connectivity index (χ0v) is 7.43. The average molecular weight is 187 g/mol. The highest BCUT2D eigenvalue weighted by Gasteiger charge is 2.34. The zero-order chi connectivity index (χ0) is 10.0. The molecule has 0 aromatic rings. The lowest BCUT2D eigenvalue weighted by atomic mass is 10.3. The Bertz CT molecular complexity index is 231. The number of hydrogen-bond donors (Lipinski definition) is 2. The molecule has 0 spiro atoms. The second kappa shape index (κ2) is 3.61. The molecular formula is C7H13N3O3. The maximum atomic E-state index is 11.3. The third-order valence-corrected chi connectivity index (χ3v) is 2.15. The van der Waals surface area contributed by atoms with E-state index in [4.69, 9.17) is 10.8 Å². The lowest BCUT2D eigenvalue weighted by Gasteiger charge is -2.14. The first kappa shape index (κ1) is 9.79. The fourth-order valence-electron chi connectivity index (χ4n) is 1.36. The number of carbonyl (C=O) groups excluding carboxylic acids is 1. The summed E-state index contributed by atoms with van der Waals surface area (Å²) in [5.74, 6) is -1.00. The lowest BCUT2D eigenvalue weighted by molar-refractivity contribution is -0.137. The molecule has 0 aromatic heterocycles. The molecule has 0 radical (unpaired) electrons. The summed E-state index contributed by atoms with van der Waals surface area (Å²) in [5, 5.41) is 8.49. The number of amides is 2. The Morgan fingerprint density at radius 2 is 2.38 bits per heavy atom. The molecule has 0 bridgehead atoms. The van der Waals surface area contributed by atoms with E-state index in [9.17, 15) is 9.59 Å². The first-order chi connectivity index (χ1) is 6.06. The second-order valence-corrected chi connectivity index (χ2v) is 3.06. The van der Waals surface area contributed by atoms with Crippen LogP contribution in [0.1, 0.15) is 0 Å². The quantitative estimate of drug-likeness (QED) is 0.579. The van der Waals surface area contributed by atoms with Gasteiger partial charge >= 0.3 is 12.0 Å². The van der Waals surface area contributed by atoms with Crippen molar-refractivity contribution >= 4 is 12.0 Å². The van der Waals surface area contributed by atoms with Crippen LogP contribution in [0, 0.1) is 0 Å². The number of carboxylic acids is 1. The minimum atomic E-state index is -1.00. The lowest BCUT2D eigenvalue weighted by Crippen LogP contribution is -2.35. The topological polar surface area (TPSA) is 86.9 Å². The third kappa shape index (κ3) is 1.89. The van der Waals surface area contributed by atoms with Crippen molar-refractivity contribution in [3.63, 3.8) is 0 Å². The Morgan fingerprint density at radius 1 is 1.77 bits per heavy atom. The monoisotopic (exact) mass is 187 g/mol. The van der Waals surface area contributed by atoms with Gasteiger partial charge in [-0.1, -0.05) is 0 Å². The third-order valence-electron chi connectivity index (χ3n) is 2.15. The predicted molar refractivity (Wildman–Crippen MR) is 45.2 cm³/mol. The van der Waals surface area contributed by atoms with Gasteiger partial charge in [0.2, 0.25) is 0 Å². The smallest absolute Gasteiger partial charge is 0.323 e. The van der Waals surface area contributed by atoms with Gasteiger partial charge in [0.25, 0.3) is 0 Å². The minimum Gasteiger partial charge on any atom is -0.480 e. The molecule has 3 N–H and O–H groups in total. The van der Waals surface area contributed by atoms with E-state index in [1.807, 2.05) is 0 Å². The van der Waals surface area contributed by atoms with Gasteiger partial charge in [0, 0.05) is 20.1 Å². The summed E-state index contributed by atoms with van der Waals surface area (Å²) in [5.41, 5.74) is 5.41. The van der Waals surface area contributed by atoms with Gasteiger partial charge in [0.05, 0.1) is 6.04 Å². The molecule has 6 nitrogen and oxygen atoms in total. The predicted octanol–water partition coefficient (Wildman–Crippen LogP) is -1.23. The molecule has 1 aliphatic rings. The number of nitrogens with zero attached hydrogens (tertiary/aromatic N) is 2. The molecule has 1 rings (SSSR count). The van der Waals surface area contributed by atoms with Crippen LogP contribution < -0.4 is 5.73 Å². The Morgan fingerprint density at radius 3 is 2.77 bits per heavy atom. The van der Waals surface area contributed by atoms with Gasteiger partial charge in [-0.3, -0.25) is 4.79 Å². The maximum Gasteiger partial charge on any atom is 0.323 e. The maximum absolute atomic E-state index is 11.3. The molecule has 1 fully saturated rings. The largest absolute Gasteiger partial charge is 0.480 e. The van der Waals surface area contributed by atoms with Gasteiger partial charge in [-0.15, -0.1) is 0 Å². The van der Waals surface area contributed by atoms with Crippen molar-refractivity contribution < 1.29 is 14.7 Å². The normalized spacial score (nSPS) is 22.6. The standard InChI is InChI=1S/C7H13N3O3/c1-9-5(2-8)3-10(7(9)13)4-6(11)12/h5H,2-4,8H2,1H3,(H,11,12)/t5-/m0/s1. The van der Waals surface area contributed by atoms with Gasteiger partial charge in [0.1, 0.15) is 6.54 Å². The fourth-order valence-corrected chi connectivity index (χ4v) is 1.36. The Labute approximate surface area is 75.9 Å². The molecule has 74 valence electrons. The number of rotatable bonds is 3. The average Bonchev–Trinajstić information content (AvgIpc) is 2.32. The van der Waals surface area contributed by atoms with Crippen LogP contribution in [0.25, 0.3) is 0 Å². The SMILES string of the molecule is CN1C(=O)N(CC(=O)O)C[C@@H]1CN. The number of carbonyl (C=O) groups is 2. The van der Waals surface area contributed by atoms with Gasteiger partial charge in [-0.25, -0.2) is 4.79 Å². The first-order valence-electron chi connectivity index (χ1n) is 4.00. The highest BCUT2D eigenvalue weighted by Crippen LogP contribution is 2.11. The van der Waals surface area contributed by atoms with Crippen molar-refractivity contribution in [3.05, 3.63) is 0 Å². The Hall–Kier alpha value is -1.30. The molecule has 0 aliphatic carbocycles. The summed E-state index contributed by atoms with van der Waals surface area (Å²) in [4.78, 5) is 24.5. The molecule has 0 saturated carbocycles. The number of likely N-dealkylation sites (N-methyl/N-ethyl adjacent to an activating group) is 1. The van der Waals surface area contributed by atoms with Crippen LogP contribution in [0.5, 0.6) is 0 Å². The van der Waals surface area contributed by atoms with Crippen molar-refractivity contribution in [3.8, 4) is 0 Å². The highest BCUT2D eigenvalue weighted by atomic mass is 16.4. The molecule has 1 aliphatic heterocycles. The fraction of sp³-hybridized carbons (Fsp3) is 0.714. The van der Waals surface area contributed by atoms with Crippen molar-refractivity contribution in [1.29, 1.82) is 0 Å². The molecule has 2 amide bonds. The van der Waals surface area contributed by atoms with Crippen LogP contribution in [0.3, 0.4) is 0 Å².